The molecule has 6 nitrogen and oxygen atoms in total. The maximum absolute atomic E-state index is 12.6. The predicted molar refractivity (Wildman–Crippen MR) is 131 cm³/mol. The van der Waals surface area contributed by atoms with Crippen LogP contribution in [0.4, 0.5) is 19.0 Å². The molecule has 0 saturated carbocycles. The Kier molecular flexibility index (Phi) is 8.86. The SMILES string of the molecule is CN=C(NCCc1nc(C(F)(F)F)cs1)NCc1cc(N(C)C)nc2ccccc12.I. The highest BCUT2D eigenvalue weighted by Crippen LogP contribution is 2.30. The number of thiazole rings is 1. The van der Waals surface area contributed by atoms with E-state index in [0.29, 0.717) is 30.5 Å². The van der Waals surface area contributed by atoms with Gasteiger partial charge in [-0.3, -0.25) is 4.99 Å². The van der Waals surface area contributed by atoms with Gasteiger partial charge in [0.05, 0.1) is 10.5 Å². The summed E-state index contributed by atoms with van der Waals surface area (Å²) in [5.41, 5.74) is 1.14. The number of rotatable bonds is 6. The predicted octanol–water partition coefficient (Wildman–Crippen LogP) is 4.30. The quantitative estimate of drug-likeness (QED) is 0.266. The Hall–Kier alpha value is -2.15. The minimum atomic E-state index is -4.40. The van der Waals surface area contributed by atoms with Crippen LogP contribution in [0, 0.1) is 0 Å². The van der Waals surface area contributed by atoms with Crippen LogP contribution in [0.5, 0.6) is 0 Å². The largest absolute Gasteiger partial charge is 0.434 e. The third-order valence-corrected chi connectivity index (χ3v) is 5.30. The molecule has 3 aromatic rings. The van der Waals surface area contributed by atoms with Crippen molar-refractivity contribution in [3.63, 3.8) is 0 Å². The van der Waals surface area contributed by atoms with Gasteiger partial charge in [0, 0.05) is 51.4 Å². The molecule has 0 aliphatic carbocycles. The molecule has 31 heavy (non-hydrogen) atoms. The average molecular weight is 564 g/mol. The van der Waals surface area contributed by atoms with Gasteiger partial charge < -0.3 is 15.5 Å². The molecule has 0 aliphatic rings. The summed E-state index contributed by atoms with van der Waals surface area (Å²) < 4.78 is 37.9. The van der Waals surface area contributed by atoms with Crippen LogP contribution in [0.3, 0.4) is 0 Å². The van der Waals surface area contributed by atoms with E-state index in [9.17, 15) is 13.2 Å². The molecule has 0 saturated heterocycles. The standard InChI is InChI=1S/C20H23F3N6S.HI/c1-24-19(25-9-8-18-28-16(12-30-18)20(21,22)23)26-11-13-10-17(29(2)3)27-15-7-5-4-6-14(13)15;/h4-7,10,12H,8-9,11H2,1-3H3,(H2,24,25,26);1H. The number of anilines is 1. The van der Waals surface area contributed by atoms with Crippen molar-refractivity contribution in [3.8, 4) is 0 Å². The second-order valence-electron chi connectivity index (χ2n) is 6.78. The van der Waals surface area contributed by atoms with Gasteiger partial charge >= 0.3 is 6.18 Å². The number of benzene rings is 1. The molecular formula is C20H24F3IN6S. The molecule has 168 valence electrons. The Balaban J connectivity index is 0.00000341. The van der Waals surface area contributed by atoms with Crippen molar-refractivity contribution in [1.29, 1.82) is 0 Å². The topological polar surface area (TPSA) is 65.4 Å². The Bertz CT molecular complexity index is 1040. The minimum absolute atomic E-state index is 0. The number of nitrogens with zero attached hydrogens (tertiary/aromatic N) is 4. The molecule has 0 radical (unpaired) electrons. The fourth-order valence-corrected chi connectivity index (χ4v) is 3.66. The number of aliphatic imine (C=N–C) groups is 1. The van der Waals surface area contributed by atoms with Crippen molar-refractivity contribution in [2.75, 3.05) is 32.6 Å². The molecule has 0 unspecified atom stereocenters. The van der Waals surface area contributed by atoms with Gasteiger partial charge in [0.1, 0.15) is 5.82 Å². The lowest BCUT2D eigenvalue weighted by molar-refractivity contribution is -0.140. The van der Waals surface area contributed by atoms with Crippen molar-refractivity contribution in [1.82, 2.24) is 20.6 Å². The van der Waals surface area contributed by atoms with Gasteiger partial charge in [-0.15, -0.1) is 35.3 Å². The molecule has 2 heterocycles. The van der Waals surface area contributed by atoms with Crippen LogP contribution in [-0.2, 0) is 19.1 Å². The number of alkyl halides is 3. The first-order valence-electron chi connectivity index (χ1n) is 9.30. The van der Waals surface area contributed by atoms with Crippen LogP contribution >= 0.6 is 35.3 Å². The number of aromatic nitrogens is 2. The fourth-order valence-electron chi connectivity index (χ4n) is 2.85. The lowest BCUT2D eigenvalue weighted by Crippen LogP contribution is -2.38. The summed E-state index contributed by atoms with van der Waals surface area (Å²) in [6.07, 6.45) is -4.02. The summed E-state index contributed by atoms with van der Waals surface area (Å²) in [7, 11) is 5.53. The van der Waals surface area contributed by atoms with E-state index >= 15 is 0 Å². The summed E-state index contributed by atoms with van der Waals surface area (Å²) in [5, 5.41) is 8.90. The molecular weight excluding hydrogens is 540 g/mol. The zero-order valence-electron chi connectivity index (χ0n) is 17.3. The van der Waals surface area contributed by atoms with E-state index in [0.717, 1.165) is 39.0 Å². The molecule has 0 aliphatic heterocycles. The van der Waals surface area contributed by atoms with Crippen LogP contribution in [0.1, 0.15) is 16.3 Å². The highest BCUT2D eigenvalue weighted by Gasteiger charge is 2.33. The lowest BCUT2D eigenvalue weighted by Gasteiger charge is -2.16. The van der Waals surface area contributed by atoms with E-state index in [4.69, 9.17) is 0 Å². The highest BCUT2D eigenvalue weighted by molar-refractivity contribution is 14.0. The summed E-state index contributed by atoms with van der Waals surface area (Å²) in [6.45, 7) is 0.948. The zero-order valence-corrected chi connectivity index (χ0v) is 20.5. The van der Waals surface area contributed by atoms with E-state index in [1.165, 1.54) is 0 Å². The Morgan fingerprint density at radius 2 is 1.90 bits per heavy atom. The Morgan fingerprint density at radius 1 is 1.16 bits per heavy atom. The maximum atomic E-state index is 12.6. The molecule has 0 bridgehead atoms. The van der Waals surface area contributed by atoms with Crippen molar-refractivity contribution in [3.05, 3.63) is 52.0 Å². The molecule has 0 atom stereocenters. The number of fused-ring (bicyclic) bond motifs is 1. The first kappa shape index (κ1) is 25.1. The number of pyridine rings is 1. The zero-order chi connectivity index (χ0) is 21.7. The van der Waals surface area contributed by atoms with E-state index in [1.807, 2.05) is 49.3 Å². The molecule has 3 rings (SSSR count). The highest BCUT2D eigenvalue weighted by atomic mass is 127. The van der Waals surface area contributed by atoms with E-state index in [1.54, 1.807) is 7.05 Å². The van der Waals surface area contributed by atoms with Crippen LogP contribution < -0.4 is 15.5 Å². The number of hydrogen-bond donors (Lipinski definition) is 2. The van der Waals surface area contributed by atoms with Gasteiger partial charge in [0.15, 0.2) is 11.7 Å². The molecule has 0 spiro atoms. The lowest BCUT2D eigenvalue weighted by atomic mass is 10.1. The molecule has 0 fully saturated rings. The van der Waals surface area contributed by atoms with Crippen LogP contribution in [-0.4, -0.2) is 43.6 Å². The van der Waals surface area contributed by atoms with Crippen LogP contribution in [0.2, 0.25) is 0 Å². The summed E-state index contributed by atoms with van der Waals surface area (Å²) in [4.78, 5) is 14.4. The third-order valence-electron chi connectivity index (χ3n) is 4.39. The average Bonchev–Trinajstić information content (AvgIpc) is 3.19. The Labute approximate surface area is 200 Å². The van der Waals surface area contributed by atoms with E-state index in [-0.39, 0.29) is 24.0 Å². The van der Waals surface area contributed by atoms with Gasteiger partial charge in [-0.1, -0.05) is 18.2 Å². The monoisotopic (exact) mass is 564 g/mol. The number of halogens is 4. The van der Waals surface area contributed by atoms with Crippen molar-refractivity contribution < 1.29 is 13.2 Å². The van der Waals surface area contributed by atoms with Gasteiger partial charge in [-0.25, -0.2) is 9.97 Å². The summed E-state index contributed by atoms with van der Waals surface area (Å²) in [5.74, 6) is 1.42. The second kappa shape index (κ2) is 10.9. The molecule has 0 amide bonds. The van der Waals surface area contributed by atoms with Gasteiger partial charge in [0.2, 0.25) is 0 Å². The number of nitrogens with one attached hydrogen (secondary N) is 2. The molecule has 2 N–H and O–H groups in total. The summed E-state index contributed by atoms with van der Waals surface area (Å²) >= 11 is 1.01. The normalized spacial score (nSPS) is 11.9. The Morgan fingerprint density at radius 3 is 2.55 bits per heavy atom. The smallest absolute Gasteiger partial charge is 0.363 e. The van der Waals surface area contributed by atoms with Crippen molar-refractivity contribution >= 4 is 58.0 Å². The first-order valence-corrected chi connectivity index (χ1v) is 10.2. The second-order valence-corrected chi connectivity index (χ2v) is 7.72. The first-order chi connectivity index (χ1) is 14.3. The van der Waals surface area contributed by atoms with E-state index < -0.39 is 11.9 Å². The maximum Gasteiger partial charge on any atom is 0.434 e. The van der Waals surface area contributed by atoms with Crippen LogP contribution in [0.15, 0.2) is 40.7 Å². The van der Waals surface area contributed by atoms with Gasteiger partial charge in [-0.2, -0.15) is 13.2 Å². The number of para-hydroxylation sites is 1. The molecule has 2 aromatic heterocycles. The van der Waals surface area contributed by atoms with Crippen molar-refractivity contribution in [2.45, 2.75) is 19.1 Å². The van der Waals surface area contributed by atoms with Gasteiger partial charge in [-0.05, 0) is 17.7 Å². The minimum Gasteiger partial charge on any atom is -0.363 e. The fraction of sp³-hybridized carbons (Fsp3) is 0.350. The van der Waals surface area contributed by atoms with Gasteiger partial charge in [0.25, 0.3) is 0 Å². The molecule has 1 aromatic carbocycles. The number of hydrogen-bond acceptors (Lipinski definition) is 5. The van der Waals surface area contributed by atoms with E-state index in [2.05, 4.69) is 25.6 Å². The molecule has 11 heteroatoms. The number of guanidine groups is 1. The third kappa shape index (κ3) is 6.66. The summed E-state index contributed by atoms with van der Waals surface area (Å²) in [6, 6.07) is 9.95. The van der Waals surface area contributed by atoms with Crippen molar-refractivity contribution in [2.24, 2.45) is 4.99 Å². The van der Waals surface area contributed by atoms with Crippen LogP contribution in [0.25, 0.3) is 10.9 Å².